The van der Waals surface area contributed by atoms with E-state index in [4.69, 9.17) is 10.7 Å². The van der Waals surface area contributed by atoms with Crippen LogP contribution in [0.5, 0.6) is 0 Å². The molecule has 1 aliphatic carbocycles. The summed E-state index contributed by atoms with van der Waals surface area (Å²) in [5.74, 6) is 0.757. The standard InChI is InChI=1S/C23H26N6/c1-3-16-13-20(28-29(16)2)22-26-21-18(10-11-25-23(21)27-22)15-8-9-17-14(12-15)6-4-5-7-19(17)24/h8-13,19H,3-7,24H2,1-2H3,(H,25,26,27). The lowest BCUT2D eigenvalue weighted by molar-refractivity contribution is 0.615. The molecule has 1 unspecified atom stereocenters. The lowest BCUT2D eigenvalue weighted by Gasteiger charge is -2.14. The molecular formula is C23H26N6. The zero-order valence-corrected chi connectivity index (χ0v) is 16.9. The van der Waals surface area contributed by atoms with E-state index in [1.165, 1.54) is 35.2 Å². The first-order valence-electron chi connectivity index (χ1n) is 10.4. The highest BCUT2D eigenvalue weighted by Gasteiger charge is 2.18. The number of aromatic nitrogens is 5. The minimum Gasteiger partial charge on any atom is -0.324 e. The van der Waals surface area contributed by atoms with Crippen molar-refractivity contribution in [3.8, 4) is 22.6 Å². The zero-order valence-electron chi connectivity index (χ0n) is 16.9. The number of aromatic amines is 1. The Balaban J connectivity index is 1.61. The molecule has 3 heterocycles. The predicted octanol–water partition coefficient (Wildman–Crippen LogP) is 4.31. The smallest absolute Gasteiger partial charge is 0.160 e. The van der Waals surface area contributed by atoms with Crippen LogP contribution in [-0.2, 0) is 19.9 Å². The monoisotopic (exact) mass is 386 g/mol. The molecule has 3 N–H and O–H groups in total. The number of benzene rings is 1. The number of aryl methyl sites for hydroxylation is 3. The molecule has 6 heteroatoms. The van der Waals surface area contributed by atoms with Crippen LogP contribution in [0, 0.1) is 0 Å². The van der Waals surface area contributed by atoms with Gasteiger partial charge in [0.05, 0.1) is 0 Å². The zero-order chi connectivity index (χ0) is 20.0. The van der Waals surface area contributed by atoms with Gasteiger partial charge >= 0.3 is 0 Å². The van der Waals surface area contributed by atoms with E-state index in [0.717, 1.165) is 47.5 Å². The number of H-pyrrole nitrogens is 1. The summed E-state index contributed by atoms with van der Waals surface area (Å²) in [6.45, 7) is 2.13. The van der Waals surface area contributed by atoms with Crippen LogP contribution >= 0.6 is 0 Å². The van der Waals surface area contributed by atoms with Crippen molar-refractivity contribution in [3.63, 3.8) is 0 Å². The van der Waals surface area contributed by atoms with Gasteiger partial charge in [0.25, 0.3) is 0 Å². The van der Waals surface area contributed by atoms with Gasteiger partial charge in [0.2, 0.25) is 0 Å². The fraction of sp³-hybridized carbons (Fsp3) is 0.348. The molecule has 29 heavy (non-hydrogen) atoms. The van der Waals surface area contributed by atoms with Crippen LogP contribution in [0.4, 0.5) is 0 Å². The quantitative estimate of drug-likeness (QED) is 0.514. The summed E-state index contributed by atoms with van der Waals surface area (Å²) in [6.07, 6.45) is 7.32. The number of hydrogen-bond acceptors (Lipinski definition) is 4. The first-order chi connectivity index (χ1) is 14.1. The fourth-order valence-electron chi connectivity index (χ4n) is 4.40. The SMILES string of the molecule is CCc1cc(-c2nc3c(-c4ccc5c(c4)CCCCC5N)ccnc3[nH]2)nn1C. The predicted molar refractivity (Wildman–Crippen MR) is 115 cm³/mol. The average molecular weight is 387 g/mol. The maximum atomic E-state index is 6.38. The highest BCUT2D eigenvalue weighted by molar-refractivity contribution is 5.91. The molecule has 3 aromatic heterocycles. The second kappa shape index (κ2) is 7.12. The van der Waals surface area contributed by atoms with Crippen molar-refractivity contribution in [2.45, 2.75) is 45.1 Å². The van der Waals surface area contributed by atoms with E-state index < -0.39 is 0 Å². The first kappa shape index (κ1) is 18.1. The summed E-state index contributed by atoms with van der Waals surface area (Å²) in [5.41, 5.74) is 15.0. The third-order valence-corrected chi connectivity index (χ3v) is 6.03. The Kier molecular flexibility index (Phi) is 4.43. The van der Waals surface area contributed by atoms with E-state index in [0.29, 0.717) is 0 Å². The molecule has 0 aliphatic heterocycles. The maximum absolute atomic E-state index is 6.38. The molecule has 1 atom stereocenters. The van der Waals surface area contributed by atoms with Crippen molar-refractivity contribution >= 4 is 11.2 Å². The van der Waals surface area contributed by atoms with E-state index in [2.05, 4.69) is 46.3 Å². The molecule has 5 rings (SSSR count). The maximum Gasteiger partial charge on any atom is 0.160 e. The van der Waals surface area contributed by atoms with Crippen LogP contribution in [0.1, 0.15) is 49.0 Å². The van der Waals surface area contributed by atoms with Crippen molar-refractivity contribution in [2.24, 2.45) is 12.8 Å². The Hall–Kier alpha value is -2.99. The Morgan fingerprint density at radius 2 is 2.10 bits per heavy atom. The number of nitrogens with two attached hydrogens (primary N) is 1. The van der Waals surface area contributed by atoms with E-state index in [-0.39, 0.29) is 6.04 Å². The Morgan fingerprint density at radius 3 is 2.93 bits per heavy atom. The second-order valence-corrected chi connectivity index (χ2v) is 7.91. The van der Waals surface area contributed by atoms with Crippen LogP contribution in [0.15, 0.2) is 36.5 Å². The molecule has 0 bridgehead atoms. The third kappa shape index (κ3) is 3.13. The molecule has 0 radical (unpaired) electrons. The van der Waals surface area contributed by atoms with Gasteiger partial charge in [-0.1, -0.05) is 31.5 Å². The topological polar surface area (TPSA) is 85.4 Å². The lowest BCUT2D eigenvalue weighted by atomic mass is 9.94. The van der Waals surface area contributed by atoms with Gasteiger partial charge in [-0.05, 0) is 54.5 Å². The Labute approximate surface area is 170 Å². The molecule has 1 aliphatic rings. The second-order valence-electron chi connectivity index (χ2n) is 7.91. The van der Waals surface area contributed by atoms with Crippen molar-refractivity contribution in [3.05, 3.63) is 53.3 Å². The molecular weight excluding hydrogens is 360 g/mol. The van der Waals surface area contributed by atoms with Gasteiger partial charge in [-0.2, -0.15) is 5.10 Å². The van der Waals surface area contributed by atoms with Gasteiger partial charge in [-0.15, -0.1) is 0 Å². The van der Waals surface area contributed by atoms with Crippen molar-refractivity contribution in [1.29, 1.82) is 0 Å². The molecule has 0 fully saturated rings. The Morgan fingerprint density at radius 1 is 1.21 bits per heavy atom. The van der Waals surface area contributed by atoms with Gasteiger partial charge in [0, 0.05) is 30.5 Å². The van der Waals surface area contributed by atoms with Gasteiger partial charge < -0.3 is 10.7 Å². The van der Waals surface area contributed by atoms with Crippen molar-refractivity contribution in [1.82, 2.24) is 24.7 Å². The molecule has 0 amide bonds. The largest absolute Gasteiger partial charge is 0.324 e. The van der Waals surface area contributed by atoms with Crippen molar-refractivity contribution in [2.75, 3.05) is 0 Å². The lowest BCUT2D eigenvalue weighted by Crippen LogP contribution is -2.10. The van der Waals surface area contributed by atoms with Crippen molar-refractivity contribution < 1.29 is 0 Å². The average Bonchev–Trinajstić information content (AvgIpc) is 3.28. The summed E-state index contributed by atoms with van der Waals surface area (Å²) >= 11 is 0. The summed E-state index contributed by atoms with van der Waals surface area (Å²) < 4.78 is 1.91. The van der Waals surface area contributed by atoms with Crippen LogP contribution in [0.2, 0.25) is 0 Å². The fourth-order valence-corrected chi connectivity index (χ4v) is 4.40. The highest BCUT2D eigenvalue weighted by Crippen LogP contribution is 2.33. The third-order valence-electron chi connectivity index (χ3n) is 6.03. The Bertz CT molecular complexity index is 1190. The number of nitrogens with zero attached hydrogens (tertiary/aromatic N) is 4. The van der Waals surface area contributed by atoms with Gasteiger partial charge in [0.15, 0.2) is 11.5 Å². The summed E-state index contributed by atoms with van der Waals surface area (Å²) in [5, 5.41) is 4.61. The van der Waals surface area contributed by atoms with Crippen LogP contribution in [0.25, 0.3) is 33.8 Å². The molecule has 0 spiro atoms. The number of nitrogens with one attached hydrogen (secondary N) is 1. The number of imidazole rings is 1. The minimum absolute atomic E-state index is 0.146. The van der Waals surface area contributed by atoms with Crippen LogP contribution < -0.4 is 5.73 Å². The molecule has 6 nitrogen and oxygen atoms in total. The van der Waals surface area contributed by atoms with Gasteiger partial charge in [-0.3, -0.25) is 4.68 Å². The van der Waals surface area contributed by atoms with E-state index >= 15 is 0 Å². The normalized spacial score (nSPS) is 16.7. The van der Waals surface area contributed by atoms with Gasteiger partial charge in [0.1, 0.15) is 11.2 Å². The van der Waals surface area contributed by atoms with E-state index in [9.17, 15) is 0 Å². The van der Waals surface area contributed by atoms with E-state index in [1.807, 2.05) is 24.0 Å². The van der Waals surface area contributed by atoms with E-state index in [1.54, 1.807) is 0 Å². The number of rotatable bonds is 3. The van der Waals surface area contributed by atoms with Crippen LogP contribution in [-0.4, -0.2) is 24.7 Å². The summed E-state index contributed by atoms with van der Waals surface area (Å²) in [7, 11) is 1.97. The number of fused-ring (bicyclic) bond motifs is 2. The van der Waals surface area contributed by atoms with Crippen LogP contribution in [0.3, 0.4) is 0 Å². The number of hydrogen-bond donors (Lipinski definition) is 2. The summed E-state index contributed by atoms with van der Waals surface area (Å²) in [4.78, 5) is 12.7. The first-order valence-corrected chi connectivity index (χ1v) is 10.4. The molecule has 4 aromatic rings. The molecule has 0 saturated carbocycles. The molecule has 148 valence electrons. The number of pyridine rings is 1. The van der Waals surface area contributed by atoms with Gasteiger partial charge in [-0.25, -0.2) is 9.97 Å². The molecule has 1 aromatic carbocycles. The minimum atomic E-state index is 0.146. The highest BCUT2D eigenvalue weighted by atomic mass is 15.3. The molecule has 0 saturated heterocycles. The summed E-state index contributed by atoms with van der Waals surface area (Å²) in [6, 6.07) is 10.9.